The van der Waals surface area contributed by atoms with E-state index in [0.29, 0.717) is 40.8 Å². The molecule has 2 heterocycles. The first-order chi connectivity index (χ1) is 16.4. The Labute approximate surface area is 198 Å². The second kappa shape index (κ2) is 10.4. The molecule has 0 spiro atoms. The number of aryl methyl sites for hydroxylation is 1. The number of rotatable bonds is 9. The van der Waals surface area contributed by atoms with Gasteiger partial charge in [0.05, 0.1) is 6.61 Å². The minimum absolute atomic E-state index is 0.0220. The van der Waals surface area contributed by atoms with E-state index in [0.717, 1.165) is 19.5 Å². The lowest BCUT2D eigenvalue weighted by Gasteiger charge is -2.30. The molecule has 3 aromatic rings. The van der Waals surface area contributed by atoms with Gasteiger partial charge in [-0.2, -0.15) is 5.10 Å². The predicted molar refractivity (Wildman–Crippen MR) is 127 cm³/mol. The highest BCUT2D eigenvalue weighted by Crippen LogP contribution is 2.29. The van der Waals surface area contributed by atoms with Crippen LogP contribution in [0.5, 0.6) is 17.2 Å². The lowest BCUT2D eigenvalue weighted by atomic mass is 10.1. The van der Waals surface area contributed by atoms with Crippen molar-refractivity contribution in [1.82, 2.24) is 14.7 Å². The standard InChI is InChI=1S/C25H28N4O5/c1-17(16-32-3)33-21-13-19(24(30)26-23-9-12-28(2)27-23)14-22(15-21)34-20-7-5-18(6-8-20)25(31)29-10-4-11-29/h5-9,12-15,17H,4,10-11,16H2,1-3H3,(H,26,27,30). The summed E-state index contributed by atoms with van der Waals surface area (Å²) >= 11 is 0. The van der Waals surface area contributed by atoms with Crippen LogP contribution >= 0.6 is 0 Å². The number of nitrogens with one attached hydrogen (secondary N) is 1. The number of hydrogen-bond acceptors (Lipinski definition) is 6. The van der Waals surface area contributed by atoms with E-state index >= 15 is 0 Å². The van der Waals surface area contributed by atoms with E-state index in [1.807, 2.05) is 11.8 Å². The van der Waals surface area contributed by atoms with E-state index in [9.17, 15) is 9.59 Å². The van der Waals surface area contributed by atoms with Crippen molar-refractivity contribution < 1.29 is 23.8 Å². The van der Waals surface area contributed by atoms with Crippen LogP contribution in [0, 0.1) is 0 Å². The minimum Gasteiger partial charge on any atom is -0.488 e. The Morgan fingerprint density at radius 3 is 2.38 bits per heavy atom. The zero-order chi connectivity index (χ0) is 24.1. The predicted octanol–water partition coefficient (Wildman–Crippen LogP) is 3.72. The maximum atomic E-state index is 12.9. The molecule has 0 bridgehead atoms. The van der Waals surface area contributed by atoms with Crippen molar-refractivity contribution in [3.8, 4) is 17.2 Å². The van der Waals surface area contributed by atoms with Crippen LogP contribution in [0.1, 0.15) is 34.1 Å². The highest BCUT2D eigenvalue weighted by molar-refractivity contribution is 6.04. The van der Waals surface area contributed by atoms with Crippen LogP contribution in [0.2, 0.25) is 0 Å². The molecule has 0 radical (unpaired) electrons. The van der Waals surface area contributed by atoms with Crippen LogP contribution in [0.3, 0.4) is 0 Å². The van der Waals surface area contributed by atoms with Gasteiger partial charge in [-0.05, 0) is 49.7 Å². The molecule has 1 unspecified atom stereocenters. The SMILES string of the molecule is COCC(C)Oc1cc(Oc2ccc(C(=O)N3CCC3)cc2)cc(C(=O)Nc2ccn(C)n2)c1. The molecule has 1 saturated heterocycles. The van der Waals surface area contributed by atoms with Gasteiger partial charge in [0.1, 0.15) is 23.4 Å². The van der Waals surface area contributed by atoms with Gasteiger partial charge >= 0.3 is 0 Å². The third kappa shape index (κ3) is 5.74. The molecule has 9 nitrogen and oxygen atoms in total. The average molecular weight is 465 g/mol. The number of carbonyl (C=O) groups is 2. The summed E-state index contributed by atoms with van der Waals surface area (Å²) in [6.45, 7) is 3.87. The summed E-state index contributed by atoms with van der Waals surface area (Å²) in [6.07, 6.45) is 2.57. The Morgan fingerprint density at radius 1 is 1.03 bits per heavy atom. The molecule has 4 rings (SSSR count). The summed E-state index contributed by atoms with van der Waals surface area (Å²) in [6, 6.07) is 13.7. The summed E-state index contributed by atoms with van der Waals surface area (Å²) in [7, 11) is 3.37. The summed E-state index contributed by atoms with van der Waals surface area (Å²) in [5.41, 5.74) is 0.973. The van der Waals surface area contributed by atoms with E-state index in [1.165, 1.54) is 0 Å². The Balaban J connectivity index is 1.54. The van der Waals surface area contributed by atoms with Crippen molar-refractivity contribution in [2.24, 2.45) is 7.05 Å². The van der Waals surface area contributed by atoms with Gasteiger partial charge in [-0.1, -0.05) is 0 Å². The number of aromatic nitrogens is 2. The van der Waals surface area contributed by atoms with Crippen molar-refractivity contribution in [2.45, 2.75) is 19.4 Å². The number of hydrogen-bond donors (Lipinski definition) is 1. The first-order valence-corrected chi connectivity index (χ1v) is 11.1. The number of anilines is 1. The van der Waals surface area contributed by atoms with E-state index in [4.69, 9.17) is 14.2 Å². The van der Waals surface area contributed by atoms with Crippen LogP contribution in [0.25, 0.3) is 0 Å². The van der Waals surface area contributed by atoms with E-state index < -0.39 is 0 Å². The minimum atomic E-state index is -0.344. The number of nitrogens with zero attached hydrogens (tertiary/aromatic N) is 3. The molecule has 2 amide bonds. The number of amides is 2. The monoisotopic (exact) mass is 464 g/mol. The van der Waals surface area contributed by atoms with Gasteiger partial charge in [0.25, 0.3) is 11.8 Å². The van der Waals surface area contributed by atoms with Crippen LogP contribution in [0.4, 0.5) is 5.82 Å². The fraction of sp³-hybridized carbons (Fsp3) is 0.320. The van der Waals surface area contributed by atoms with Crippen molar-refractivity contribution in [3.63, 3.8) is 0 Å². The number of methoxy groups -OCH3 is 1. The number of carbonyl (C=O) groups excluding carboxylic acids is 2. The van der Waals surface area contributed by atoms with Crippen molar-refractivity contribution >= 4 is 17.6 Å². The van der Waals surface area contributed by atoms with Gasteiger partial charge in [0, 0.05) is 56.7 Å². The first-order valence-electron chi connectivity index (χ1n) is 11.1. The summed E-state index contributed by atoms with van der Waals surface area (Å²) in [5, 5.41) is 6.95. The highest BCUT2D eigenvalue weighted by Gasteiger charge is 2.21. The van der Waals surface area contributed by atoms with Crippen molar-refractivity contribution in [3.05, 3.63) is 65.9 Å². The molecule has 9 heteroatoms. The highest BCUT2D eigenvalue weighted by atomic mass is 16.5. The number of likely N-dealkylation sites (tertiary alicyclic amines) is 1. The average Bonchev–Trinajstić information content (AvgIpc) is 3.17. The molecule has 1 N–H and O–H groups in total. The van der Waals surface area contributed by atoms with Gasteiger partial charge in [0.15, 0.2) is 5.82 Å². The Kier molecular flexibility index (Phi) is 7.12. The molecular formula is C25H28N4O5. The molecule has 1 aromatic heterocycles. The fourth-order valence-corrected chi connectivity index (χ4v) is 3.50. The second-order valence-electron chi connectivity index (χ2n) is 8.18. The van der Waals surface area contributed by atoms with E-state index in [2.05, 4.69) is 10.4 Å². The fourth-order valence-electron chi connectivity index (χ4n) is 3.50. The Hall–Kier alpha value is -3.85. The molecule has 178 valence electrons. The Morgan fingerprint density at radius 2 is 1.76 bits per heavy atom. The van der Waals surface area contributed by atoms with Gasteiger partial charge in [-0.15, -0.1) is 0 Å². The van der Waals surface area contributed by atoms with Gasteiger partial charge in [-0.3, -0.25) is 14.3 Å². The maximum absolute atomic E-state index is 12.9. The van der Waals surface area contributed by atoms with Crippen LogP contribution in [0.15, 0.2) is 54.7 Å². The molecular weight excluding hydrogens is 436 g/mol. The molecule has 34 heavy (non-hydrogen) atoms. The van der Waals surface area contributed by atoms with Crippen LogP contribution < -0.4 is 14.8 Å². The lowest BCUT2D eigenvalue weighted by molar-refractivity contribution is 0.0651. The molecule has 2 aromatic carbocycles. The normalized spacial score (nSPS) is 13.7. The molecule has 0 saturated carbocycles. The third-order valence-electron chi connectivity index (χ3n) is 5.32. The van der Waals surface area contributed by atoms with Crippen LogP contribution in [-0.2, 0) is 11.8 Å². The van der Waals surface area contributed by atoms with Gasteiger partial charge in [-0.25, -0.2) is 0 Å². The van der Waals surface area contributed by atoms with Crippen molar-refractivity contribution in [2.75, 3.05) is 32.1 Å². The van der Waals surface area contributed by atoms with Gasteiger partial charge < -0.3 is 24.4 Å². The quantitative estimate of drug-likeness (QED) is 0.519. The second-order valence-corrected chi connectivity index (χ2v) is 8.18. The molecule has 0 aliphatic carbocycles. The topological polar surface area (TPSA) is 94.9 Å². The zero-order valence-corrected chi connectivity index (χ0v) is 19.5. The maximum Gasteiger partial charge on any atom is 0.257 e. The molecule has 1 aliphatic heterocycles. The van der Waals surface area contributed by atoms with Crippen molar-refractivity contribution in [1.29, 1.82) is 0 Å². The van der Waals surface area contributed by atoms with Gasteiger partial charge in [0.2, 0.25) is 0 Å². The molecule has 1 aliphatic rings. The summed E-state index contributed by atoms with van der Waals surface area (Å²) in [5.74, 6) is 1.56. The largest absolute Gasteiger partial charge is 0.488 e. The smallest absolute Gasteiger partial charge is 0.257 e. The third-order valence-corrected chi connectivity index (χ3v) is 5.32. The summed E-state index contributed by atoms with van der Waals surface area (Å²) < 4.78 is 18.7. The molecule has 1 fully saturated rings. The van der Waals surface area contributed by atoms with Crippen LogP contribution in [-0.4, -0.2) is 59.4 Å². The lowest BCUT2D eigenvalue weighted by Crippen LogP contribution is -2.41. The Bertz CT molecular complexity index is 1150. The summed E-state index contributed by atoms with van der Waals surface area (Å²) in [4.78, 5) is 27.1. The number of ether oxygens (including phenoxy) is 3. The first kappa shape index (κ1) is 23.3. The molecule has 1 atom stereocenters. The van der Waals surface area contributed by atoms with E-state index in [-0.39, 0.29) is 17.9 Å². The number of benzene rings is 2. The van der Waals surface area contributed by atoms with E-state index in [1.54, 1.807) is 73.6 Å². The zero-order valence-electron chi connectivity index (χ0n) is 19.5.